The molecule has 0 radical (unpaired) electrons. The van der Waals surface area contributed by atoms with Gasteiger partial charge in [0.05, 0.1) is 0 Å². The number of nitrogens with one attached hydrogen (secondary N) is 1. The predicted octanol–water partition coefficient (Wildman–Crippen LogP) is 3.18. The van der Waals surface area contributed by atoms with Gasteiger partial charge in [0.1, 0.15) is 0 Å². The molecule has 0 aliphatic heterocycles. The smallest absolute Gasteiger partial charge is 0.0361 e. The van der Waals surface area contributed by atoms with Crippen molar-refractivity contribution in [2.75, 3.05) is 0 Å². The number of rotatable bonds is 7. The minimum absolute atomic E-state index is 0.802. The van der Waals surface area contributed by atoms with Gasteiger partial charge in [0.15, 0.2) is 0 Å². The molecule has 0 atom stereocenters. The second-order valence-corrected chi connectivity index (χ2v) is 4.99. The molecule has 1 heterocycles. The van der Waals surface area contributed by atoms with Crippen LogP contribution in [0.3, 0.4) is 0 Å². The molecule has 1 aliphatic carbocycles. The van der Waals surface area contributed by atoms with Gasteiger partial charge < -0.3 is 9.88 Å². The van der Waals surface area contributed by atoms with Gasteiger partial charge in [-0.3, -0.25) is 0 Å². The Labute approximate surface area is 99.0 Å². The van der Waals surface area contributed by atoms with Crippen LogP contribution < -0.4 is 5.32 Å². The highest BCUT2D eigenvalue weighted by Gasteiger charge is 2.20. The molecule has 2 nitrogen and oxygen atoms in total. The van der Waals surface area contributed by atoms with Gasteiger partial charge in [0.2, 0.25) is 0 Å². The first kappa shape index (κ1) is 11.7. The zero-order valence-corrected chi connectivity index (χ0v) is 10.6. The van der Waals surface area contributed by atoms with Gasteiger partial charge in [-0.15, -0.1) is 0 Å². The summed E-state index contributed by atoms with van der Waals surface area (Å²) < 4.78 is 2.42. The molecule has 1 saturated carbocycles. The van der Waals surface area contributed by atoms with Crippen molar-refractivity contribution >= 4 is 0 Å². The first-order valence-electron chi connectivity index (χ1n) is 6.70. The SMILES string of the molecule is CCC(CC)Cn1cccc1CNC1CC1. The zero-order chi connectivity index (χ0) is 11.4. The third-order valence-corrected chi connectivity index (χ3v) is 3.68. The molecular weight excluding hydrogens is 196 g/mol. The Balaban J connectivity index is 1.89. The van der Waals surface area contributed by atoms with Crippen molar-refractivity contribution in [3.63, 3.8) is 0 Å². The average Bonchev–Trinajstić information content (AvgIpc) is 3.03. The van der Waals surface area contributed by atoms with Crippen LogP contribution in [0.5, 0.6) is 0 Å². The number of hydrogen-bond donors (Lipinski definition) is 1. The van der Waals surface area contributed by atoms with Crippen molar-refractivity contribution in [2.45, 2.75) is 58.7 Å². The van der Waals surface area contributed by atoms with Crippen LogP contribution >= 0.6 is 0 Å². The molecule has 1 N–H and O–H groups in total. The average molecular weight is 220 g/mol. The molecule has 0 saturated heterocycles. The van der Waals surface area contributed by atoms with Crippen LogP contribution in [0.25, 0.3) is 0 Å². The molecule has 0 amide bonds. The molecule has 1 aliphatic rings. The fourth-order valence-electron chi connectivity index (χ4n) is 2.15. The van der Waals surface area contributed by atoms with Crippen LogP contribution in [-0.2, 0) is 13.1 Å². The van der Waals surface area contributed by atoms with Crippen molar-refractivity contribution in [2.24, 2.45) is 5.92 Å². The fourth-order valence-corrected chi connectivity index (χ4v) is 2.15. The van der Waals surface area contributed by atoms with Crippen LogP contribution in [0.15, 0.2) is 18.3 Å². The monoisotopic (exact) mass is 220 g/mol. The summed E-state index contributed by atoms with van der Waals surface area (Å²) in [4.78, 5) is 0. The van der Waals surface area contributed by atoms with Crippen molar-refractivity contribution < 1.29 is 0 Å². The number of hydrogen-bond acceptors (Lipinski definition) is 1. The highest BCUT2D eigenvalue weighted by atomic mass is 15.0. The van der Waals surface area contributed by atoms with Gasteiger partial charge in [-0.1, -0.05) is 26.7 Å². The predicted molar refractivity (Wildman–Crippen MR) is 68.4 cm³/mol. The van der Waals surface area contributed by atoms with E-state index in [1.165, 1.54) is 37.9 Å². The molecule has 1 aromatic rings. The molecule has 1 aromatic heterocycles. The van der Waals surface area contributed by atoms with Crippen LogP contribution in [-0.4, -0.2) is 10.6 Å². The highest BCUT2D eigenvalue weighted by molar-refractivity contribution is 5.07. The summed E-state index contributed by atoms with van der Waals surface area (Å²) in [5.74, 6) is 0.826. The largest absolute Gasteiger partial charge is 0.350 e. The fraction of sp³-hybridized carbons (Fsp3) is 0.714. The van der Waals surface area contributed by atoms with E-state index in [0.717, 1.165) is 18.5 Å². The van der Waals surface area contributed by atoms with Crippen molar-refractivity contribution in [1.29, 1.82) is 0 Å². The summed E-state index contributed by atoms with van der Waals surface area (Å²) in [6, 6.07) is 5.22. The minimum Gasteiger partial charge on any atom is -0.350 e. The molecule has 90 valence electrons. The van der Waals surface area contributed by atoms with Crippen molar-refractivity contribution in [3.8, 4) is 0 Å². The van der Waals surface area contributed by atoms with Gasteiger partial charge in [0.25, 0.3) is 0 Å². The molecule has 0 aromatic carbocycles. The van der Waals surface area contributed by atoms with Gasteiger partial charge in [-0.05, 0) is 30.9 Å². The van der Waals surface area contributed by atoms with Gasteiger partial charge >= 0.3 is 0 Å². The highest BCUT2D eigenvalue weighted by Crippen LogP contribution is 2.20. The van der Waals surface area contributed by atoms with Crippen LogP contribution in [0.1, 0.15) is 45.2 Å². The lowest BCUT2D eigenvalue weighted by atomic mass is 10.0. The molecular formula is C14H24N2. The maximum Gasteiger partial charge on any atom is 0.0361 e. The van der Waals surface area contributed by atoms with E-state index in [2.05, 4.69) is 42.1 Å². The summed E-state index contributed by atoms with van der Waals surface area (Å²) in [7, 11) is 0. The van der Waals surface area contributed by atoms with E-state index in [4.69, 9.17) is 0 Å². The summed E-state index contributed by atoms with van der Waals surface area (Å²) in [5, 5.41) is 3.59. The van der Waals surface area contributed by atoms with E-state index in [1.807, 2.05) is 0 Å². The van der Waals surface area contributed by atoms with Crippen molar-refractivity contribution in [3.05, 3.63) is 24.0 Å². The topological polar surface area (TPSA) is 17.0 Å². The van der Waals surface area contributed by atoms with E-state index in [-0.39, 0.29) is 0 Å². The molecule has 2 rings (SSSR count). The Morgan fingerprint density at radius 1 is 1.38 bits per heavy atom. The van der Waals surface area contributed by atoms with Crippen LogP contribution in [0, 0.1) is 5.92 Å². The number of nitrogens with zero attached hydrogens (tertiary/aromatic N) is 1. The van der Waals surface area contributed by atoms with Crippen molar-refractivity contribution in [1.82, 2.24) is 9.88 Å². The number of aromatic nitrogens is 1. The maximum absolute atomic E-state index is 3.59. The second kappa shape index (κ2) is 5.53. The van der Waals surface area contributed by atoms with Crippen LogP contribution in [0.2, 0.25) is 0 Å². The minimum atomic E-state index is 0.802. The Hall–Kier alpha value is -0.760. The summed E-state index contributed by atoms with van der Waals surface area (Å²) in [6.45, 7) is 6.80. The lowest BCUT2D eigenvalue weighted by Crippen LogP contribution is -2.19. The Kier molecular flexibility index (Phi) is 4.05. The Bertz CT molecular complexity index is 308. The molecule has 0 bridgehead atoms. The molecule has 0 unspecified atom stereocenters. The maximum atomic E-state index is 3.59. The van der Waals surface area contributed by atoms with E-state index in [9.17, 15) is 0 Å². The van der Waals surface area contributed by atoms with Crippen LogP contribution in [0.4, 0.5) is 0 Å². The first-order valence-corrected chi connectivity index (χ1v) is 6.70. The third kappa shape index (κ3) is 3.11. The molecule has 0 spiro atoms. The zero-order valence-electron chi connectivity index (χ0n) is 10.6. The second-order valence-electron chi connectivity index (χ2n) is 4.99. The summed E-state index contributed by atoms with van der Waals surface area (Å²) >= 11 is 0. The lowest BCUT2D eigenvalue weighted by molar-refractivity contribution is 0.410. The van der Waals surface area contributed by atoms with Gasteiger partial charge in [-0.25, -0.2) is 0 Å². The third-order valence-electron chi connectivity index (χ3n) is 3.68. The Morgan fingerprint density at radius 3 is 2.75 bits per heavy atom. The quantitative estimate of drug-likeness (QED) is 0.747. The van der Waals surface area contributed by atoms with Gasteiger partial charge in [-0.2, -0.15) is 0 Å². The van der Waals surface area contributed by atoms with E-state index < -0.39 is 0 Å². The lowest BCUT2D eigenvalue weighted by Gasteiger charge is -2.16. The van der Waals surface area contributed by atoms with E-state index in [0.29, 0.717) is 0 Å². The molecule has 16 heavy (non-hydrogen) atoms. The first-order chi connectivity index (χ1) is 7.83. The Morgan fingerprint density at radius 2 is 2.12 bits per heavy atom. The normalized spacial score (nSPS) is 15.9. The standard InChI is InChI=1S/C14H24N2/c1-3-12(4-2)11-16-9-5-6-14(16)10-15-13-7-8-13/h5-6,9,12-13,15H,3-4,7-8,10-11H2,1-2H3. The summed E-state index contributed by atoms with van der Waals surface area (Å²) in [6.07, 6.45) is 7.52. The van der Waals surface area contributed by atoms with E-state index in [1.54, 1.807) is 0 Å². The molecule has 2 heteroatoms. The van der Waals surface area contributed by atoms with Gasteiger partial charge in [0, 0.05) is 31.0 Å². The van der Waals surface area contributed by atoms with E-state index >= 15 is 0 Å². The summed E-state index contributed by atoms with van der Waals surface area (Å²) in [5.41, 5.74) is 1.44. The molecule has 1 fully saturated rings.